The number of hydrogen-bond acceptors (Lipinski definition) is 5. The zero-order chi connectivity index (χ0) is 21.7. The highest BCUT2D eigenvalue weighted by Gasteiger charge is 2.35. The van der Waals surface area contributed by atoms with Gasteiger partial charge in [0.1, 0.15) is 5.60 Å². The van der Waals surface area contributed by atoms with Crippen LogP contribution in [0.25, 0.3) is 0 Å². The molecule has 1 amide bonds. The van der Waals surface area contributed by atoms with Gasteiger partial charge in [-0.15, -0.1) is 0 Å². The number of aryl methyl sites for hydroxylation is 2. The Hall–Kier alpha value is -2.47. The van der Waals surface area contributed by atoms with E-state index in [2.05, 4.69) is 36.2 Å². The van der Waals surface area contributed by atoms with E-state index in [0.29, 0.717) is 13.1 Å². The van der Waals surface area contributed by atoms with E-state index < -0.39 is 5.60 Å². The Labute approximate surface area is 180 Å². The lowest BCUT2D eigenvalue weighted by Gasteiger charge is -2.42. The monoisotopic (exact) mass is 410 g/mol. The molecule has 1 saturated heterocycles. The maximum Gasteiger partial charge on any atom is 0.407 e. The Morgan fingerprint density at radius 2 is 1.60 bits per heavy atom. The number of nitrogens with zero attached hydrogens (tertiary/aromatic N) is 3. The number of alkyl carbamates (subject to hydrolysis) is 1. The van der Waals surface area contributed by atoms with E-state index >= 15 is 0 Å². The van der Waals surface area contributed by atoms with Gasteiger partial charge in [-0.05, 0) is 77.1 Å². The second kappa shape index (κ2) is 9.56. The number of rotatable bonds is 5. The first-order chi connectivity index (χ1) is 14.3. The third-order valence-electron chi connectivity index (χ3n) is 5.53. The summed E-state index contributed by atoms with van der Waals surface area (Å²) >= 11 is 0. The molecule has 1 fully saturated rings. The number of carbonyl (C=O) groups excluding carboxylic acids is 1. The van der Waals surface area contributed by atoms with E-state index in [1.165, 1.54) is 11.1 Å². The summed E-state index contributed by atoms with van der Waals surface area (Å²) in [5, 5.41) is 2.92. The first-order valence-corrected chi connectivity index (χ1v) is 10.8. The van der Waals surface area contributed by atoms with Crippen molar-refractivity contribution in [2.24, 2.45) is 0 Å². The normalized spacial score (nSPS) is 20.0. The molecule has 1 aliphatic heterocycles. The molecule has 30 heavy (non-hydrogen) atoms. The summed E-state index contributed by atoms with van der Waals surface area (Å²) in [5.41, 5.74) is 4.13. The minimum atomic E-state index is -0.504. The molecule has 2 aromatic rings. The molecular weight excluding hydrogens is 376 g/mol. The van der Waals surface area contributed by atoms with Gasteiger partial charge in [-0.3, -0.25) is 14.9 Å². The maximum absolute atomic E-state index is 12.1. The van der Waals surface area contributed by atoms with Crippen molar-refractivity contribution >= 4 is 6.09 Å². The van der Waals surface area contributed by atoms with Crippen molar-refractivity contribution in [3.05, 3.63) is 59.2 Å². The van der Waals surface area contributed by atoms with Crippen LogP contribution in [-0.2, 0) is 4.74 Å². The Kier molecular flexibility index (Phi) is 7.08. The first-order valence-electron chi connectivity index (χ1n) is 10.8. The van der Waals surface area contributed by atoms with Crippen LogP contribution in [0.3, 0.4) is 0 Å². The van der Waals surface area contributed by atoms with Gasteiger partial charge < -0.3 is 10.1 Å². The lowest BCUT2D eigenvalue weighted by molar-refractivity contribution is 0.0478. The summed E-state index contributed by atoms with van der Waals surface area (Å²) in [4.78, 5) is 24.0. The second-order valence-electron chi connectivity index (χ2n) is 9.04. The van der Waals surface area contributed by atoms with Crippen LogP contribution in [0.1, 0.15) is 74.6 Å². The molecule has 1 N–H and O–H groups in total. The minimum absolute atomic E-state index is 0.201. The van der Waals surface area contributed by atoms with Gasteiger partial charge in [0.15, 0.2) is 0 Å². The van der Waals surface area contributed by atoms with Crippen molar-refractivity contribution in [1.82, 2.24) is 20.2 Å². The Bertz CT molecular complexity index is 809. The van der Waals surface area contributed by atoms with Gasteiger partial charge in [-0.2, -0.15) is 0 Å². The number of nitrogens with one attached hydrogen (secondary N) is 1. The van der Waals surface area contributed by atoms with E-state index in [4.69, 9.17) is 14.7 Å². The van der Waals surface area contributed by atoms with E-state index in [-0.39, 0.29) is 18.2 Å². The third kappa shape index (κ3) is 5.57. The summed E-state index contributed by atoms with van der Waals surface area (Å²) in [6.07, 6.45) is 6.58. The molecule has 0 aromatic carbocycles. The van der Waals surface area contributed by atoms with Crippen molar-refractivity contribution in [2.45, 2.75) is 71.6 Å². The minimum Gasteiger partial charge on any atom is -0.444 e. The molecule has 6 nitrogen and oxygen atoms in total. The van der Waals surface area contributed by atoms with E-state index in [9.17, 15) is 4.79 Å². The number of piperidine rings is 1. The molecule has 0 spiro atoms. The maximum atomic E-state index is 12.1. The highest BCUT2D eigenvalue weighted by atomic mass is 16.6. The Balaban J connectivity index is 1.83. The molecule has 0 bridgehead atoms. The molecule has 2 aromatic heterocycles. The number of amides is 1. The molecule has 0 saturated carbocycles. The Morgan fingerprint density at radius 3 is 2.07 bits per heavy atom. The molecule has 0 aliphatic carbocycles. The largest absolute Gasteiger partial charge is 0.444 e. The zero-order valence-electron chi connectivity index (χ0n) is 18.8. The van der Waals surface area contributed by atoms with Crippen LogP contribution in [0.15, 0.2) is 36.7 Å². The first kappa shape index (κ1) is 22.2. The van der Waals surface area contributed by atoms with Crippen molar-refractivity contribution in [3.8, 4) is 0 Å². The van der Waals surface area contributed by atoms with E-state index in [0.717, 1.165) is 30.7 Å². The van der Waals surface area contributed by atoms with E-state index in [1.807, 2.05) is 45.3 Å². The third-order valence-corrected chi connectivity index (χ3v) is 5.53. The van der Waals surface area contributed by atoms with Crippen LogP contribution in [0, 0.1) is 13.8 Å². The van der Waals surface area contributed by atoms with E-state index in [1.54, 1.807) is 0 Å². The number of hydrogen-bond donors (Lipinski definition) is 1. The van der Waals surface area contributed by atoms with Crippen LogP contribution in [0.4, 0.5) is 4.79 Å². The van der Waals surface area contributed by atoms with Crippen molar-refractivity contribution < 1.29 is 9.53 Å². The Morgan fingerprint density at radius 1 is 1.07 bits per heavy atom. The van der Waals surface area contributed by atoms with Gasteiger partial charge in [0, 0.05) is 25.5 Å². The highest BCUT2D eigenvalue weighted by Crippen LogP contribution is 2.41. The lowest BCUT2D eigenvalue weighted by atomic mass is 9.89. The molecule has 3 rings (SSSR count). The van der Waals surface area contributed by atoms with Crippen molar-refractivity contribution in [1.29, 1.82) is 0 Å². The summed E-state index contributed by atoms with van der Waals surface area (Å²) in [5.74, 6) is 0. The van der Waals surface area contributed by atoms with Crippen molar-refractivity contribution in [3.63, 3.8) is 0 Å². The summed E-state index contributed by atoms with van der Waals surface area (Å²) in [7, 11) is 0. The number of likely N-dealkylation sites (tertiary alicyclic amines) is 1. The van der Waals surface area contributed by atoms with Gasteiger partial charge in [0.2, 0.25) is 0 Å². The zero-order valence-corrected chi connectivity index (χ0v) is 18.8. The summed E-state index contributed by atoms with van der Waals surface area (Å²) in [6.45, 7) is 11.1. The summed E-state index contributed by atoms with van der Waals surface area (Å²) in [6, 6.07) is 8.61. The van der Waals surface area contributed by atoms with Crippen LogP contribution in [0.5, 0.6) is 0 Å². The van der Waals surface area contributed by atoms with Gasteiger partial charge in [0.05, 0.1) is 23.5 Å². The molecule has 1 aliphatic rings. The van der Waals surface area contributed by atoms with Crippen LogP contribution in [-0.4, -0.2) is 39.7 Å². The van der Waals surface area contributed by atoms with Crippen molar-refractivity contribution in [2.75, 3.05) is 13.1 Å². The second-order valence-corrected chi connectivity index (χ2v) is 9.04. The lowest BCUT2D eigenvalue weighted by Crippen LogP contribution is -2.43. The average molecular weight is 411 g/mol. The molecule has 162 valence electrons. The molecule has 0 radical (unpaired) electrons. The van der Waals surface area contributed by atoms with Crippen LogP contribution < -0.4 is 5.32 Å². The molecule has 3 heterocycles. The standard InChI is InChI=1S/C24H34N4O2/c1-17-9-7-13-25-21(17)19-11-6-12-20(22-18(2)10-8-14-26-22)28(19)16-15-27-23(29)30-24(3,4)5/h7-10,13-14,19-20H,6,11-12,15-16H2,1-5H3,(H,27,29)/t19-,20+. The number of pyridine rings is 2. The topological polar surface area (TPSA) is 67.4 Å². The molecular formula is C24H34N4O2. The van der Waals surface area contributed by atoms with Gasteiger partial charge >= 0.3 is 6.09 Å². The summed E-state index contributed by atoms with van der Waals surface area (Å²) < 4.78 is 5.40. The predicted molar refractivity (Wildman–Crippen MR) is 118 cm³/mol. The smallest absolute Gasteiger partial charge is 0.407 e. The number of carbonyl (C=O) groups is 1. The fourth-order valence-corrected chi connectivity index (χ4v) is 4.25. The highest BCUT2D eigenvalue weighted by molar-refractivity contribution is 5.67. The quantitative estimate of drug-likeness (QED) is 0.760. The van der Waals surface area contributed by atoms with Gasteiger partial charge in [-0.1, -0.05) is 12.1 Å². The SMILES string of the molecule is Cc1cccnc1[C@H]1CCC[C@@H](c2ncccc2C)N1CCNC(=O)OC(C)(C)C. The fraction of sp³-hybridized carbons (Fsp3) is 0.542. The average Bonchev–Trinajstić information content (AvgIpc) is 2.68. The van der Waals surface area contributed by atoms with Crippen LogP contribution >= 0.6 is 0 Å². The molecule has 0 unspecified atom stereocenters. The molecule has 6 heteroatoms. The predicted octanol–water partition coefficient (Wildman–Crippen LogP) is 4.89. The van der Waals surface area contributed by atoms with Gasteiger partial charge in [-0.25, -0.2) is 4.79 Å². The number of ether oxygens (including phenoxy) is 1. The van der Waals surface area contributed by atoms with Crippen LogP contribution in [0.2, 0.25) is 0 Å². The fourth-order valence-electron chi connectivity index (χ4n) is 4.25. The molecule has 2 atom stereocenters. The number of aromatic nitrogens is 2. The van der Waals surface area contributed by atoms with Gasteiger partial charge in [0.25, 0.3) is 0 Å².